The Morgan fingerprint density at radius 3 is 2.32 bits per heavy atom. The number of carbonyl (C=O) groups excluding carboxylic acids is 1. The molecule has 2 aromatic carbocycles. The number of nitrogens with zero attached hydrogens (tertiary/aromatic N) is 3. The molecule has 0 saturated carbocycles. The minimum Gasteiger partial charge on any atom is -0.296 e. The molecular weight excluding hydrogens is 452 g/mol. The Hall–Kier alpha value is -3.08. The average molecular weight is 471 g/mol. The van der Waals surface area contributed by atoms with Gasteiger partial charge in [0.25, 0.3) is 5.91 Å². The molecule has 1 amide bonds. The number of benzene rings is 2. The summed E-state index contributed by atoms with van der Waals surface area (Å²) in [7, 11) is -1.82. The van der Waals surface area contributed by atoms with Crippen LogP contribution in [0, 0.1) is 0 Å². The van der Waals surface area contributed by atoms with Crippen molar-refractivity contribution in [3.63, 3.8) is 0 Å². The lowest BCUT2D eigenvalue weighted by Gasteiger charge is -2.16. The van der Waals surface area contributed by atoms with Gasteiger partial charge in [0.2, 0.25) is 10.0 Å². The third kappa shape index (κ3) is 4.82. The first-order valence-electron chi connectivity index (χ1n) is 9.13. The van der Waals surface area contributed by atoms with E-state index < -0.39 is 10.0 Å². The summed E-state index contributed by atoms with van der Waals surface area (Å²) in [6.45, 7) is 0. The van der Waals surface area contributed by atoms with E-state index >= 15 is 0 Å². The van der Waals surface area contributed by atoms with Crippen molar-refractivity contribution in [2.45, 2.75) is 0 Å². The van der Waals surface area contributed by atoms with Crippen molar-refractivity contribution in [1.82, 2.24) is 9.97 Å². The number of hydrogen-bond donors (Lipinski definition) is 1. The molecule has 10 heteroatoms. The molecule has 2 heterocycles. The molecule has 1 N–H and O–H groups in total. The highest BCUT2D eigenvalue weighted by Gasteiger charge is 2.15. The van der Waals surface area contributed by atoms with Crippen LogP contribution in [0.25, 0.3) is 21.8 Å². The van der Waals surface area contributed by atoms with Crippen LogP contribution in [-0.2, 0) is 10.0 Å². The summed E-state index contributed by atoms with van der Waals surface area (Å²) in [5.41, 5.74) is 3.38. The highest BCUT2D eigenvalue weighted by molar-refractivity contribution is 7.92. The fourth-order valence-electron chi connectivity index (χ4n) is 2.75. The summed E-state index contributed by atoms with van der Waals surface area (Å²) < 4.78 is 24.5. The Bertz CT molecular complexity index is 1310. The van der Waals surface area contributed by atoms with Crippen molar-refractivity contribution in [3.05, 3.63) is 71.1 Å². The zero-order valence-corrected chi connectivity index (χ0v) is 19.1. The molecule has 0 spiro atoms. The standard InChI is InChI=1S/C21H18N4O3S3/c1-25(31(2,27)28)16-10-8-14(9-11-16)17-12-30-21(23-17)24-19(26)18-13-29-20(22-18)15-6-4-3-5-7-15/h3-13H,1-2H3,(H,23,24,26). The van der Waals surface area contributed by atoms with E-state index in [-0.39, 0.29) is 5.91 Å². The summed E-state index contributed by atoms with van der Waals surface area (Å²) in [4.78, 5) is 21.4. The molecule has 0 unspecified atom stereocenters. The van der Waals surface area contributed by atoms with Gasteiger partial charge < -0.3 is 0 Å². The van der Waals surface area contributed by atoms with E-state index in [2.05, 4.69) is 15.3 Å². The molecular formula is C21H18N4O3S3. The van der Waals surface area contributed by atoms with Crippen molar-refractivity contribution >= 4 is 49.4 Å². The van der Waals surface area contributed by atoms with E-state index in [0.717, 1.165) is 22.4 Å². The number of nitrogens with one attached hydrogen (secondary N) is 1. The molecule has 31 heavy (non-hydrogen) atoms. The van der Waals surface area contributed by atoms with Crippen LogP contribution in [0.3, 0.4) is 0 Å². The molecule has 0 atom stereocenters. The lowest BCUT2D eigenvalue weighted by atomic mass is 10.1. The van der Waals surface area contributed by atoms with Crippen molar-refractivity contribution in [2.24, 2.45) is 0 Å². The van der Waals surface area contributed by atoms with Gasteiger partial charge >= 0.3 is 0 Å². The molecule has 158 valence electrons. The van der Waals surface area contributed by atoms with Crippen molar-refractivity contribution in [1.29, 1.82) is 0 Å². The van der Waals surface area contributed by atoms with Crippen LogP contribution in [0.4, 0.5) is 10.8 Å². The van der Waals surface area contributed by atoms with Gasteiger partial charge in [0.1, 0.15) is 10.7 Å². The molecule has 0 aliphatic carbocycles. The molecule has 0 radical (unpaired) electrons. The van der Waals surface area contributed by atoms with E-state index in [0.29, 0.717) is 22.2 Å². The minimum atomic E-state index is -3.32. The van der Waals surface area contributed by atoms with Crippen molar-refractivity contribution < 1.29 is 13.2 Å². The summed E-state index contributed by atoms with van der Waals surface area (Å²) in [5.74, 6) is -0.315. The Morgan fingerprint density at radius 2 is 1.65 bits per heavy atom. The van der Waals surface area contributed by atoms with Crippen LogP contribution < -0.4 is 9.62 Å². The molecule has 0 aliphatic heterocycles. The van der Waals surface area contributed by atoms with Crippen LogP contribution in [0.1, 0.15) is 10.5 Å². The quantitative estimate of drug-likeness (QED) is 0.445. The molecule has 0 bridgehead atoms. The Labute approximate surface area is 188 Å². The van der Waals surface area contributed by atoms with Gasteiger partial charge in [-0.15, -0.1) is 22.7 Å². The van der Waals surface area contributed by atoms with Gasteiger partial charge in [0, 0.05) is 28.9 Å². The third-order valence-electron chi connectivity index (χ3n) is 4.51. The van der Waals surface area contributed by atoms with Crippen LogP contribution in [0.5, 0.6) is 0 Å². The fourth-order valence-corrected chi connectivity index (χ4v) is 4.78. The highest BCUT2D eigenvalue weighted by Crippen LogP contribution is 2.28. The molecule has 2 aromatic heterocycles. The first-order chi connectivity index (χ1) is 14.8. The first-order valence-corrected chi connectivity index (χ1v) is 12.7. The number of anilines is 2. The second kappa shape index (κ2) is 8.58. The Kier molecular flexibility index (Phi) is 5.86. The average Bonchev–Trinajstić information content (AvgIpc) is 3.43. The van der Waals surface area contributed by atoms with Gasteiger partial charge in [0.15, 0.2) is 5.13 Å². The van der Waals surface area contributed by atoms with Gasteiger partial charge in [-0.2, -0.15) is 0 Å². The summed E-state index contributed by atoms with van der Waals surface area (Å²) in [5, 5.41) is 7.59. The number of thiazole rings is 2. The first kappa shape index (κ1) is 21.2. The maximum atomic E-state index is 12.6. The normalized spacial score (nSPS) is 11.3. The van der Waals surface area contributed by atoms with Gasteiger partial charge in [-0.25, -0.2) is 18.4 Å². The molecule has 4 aromatic rings. The second-order valence-electron chi connectivity index (χ2n) is 6.67. The van der Waals surface area contributed by atoms with E-state index in [9.17, 15) is 13.2 Å². The topological polar surface area (TPSA) is 92.3 Å². The van der Waals surface area contributed by atoms with E-state index in [1.165, 1.54) is 34.0 Å². The Balaban J connectivity index is 1.46. The number of rotatable bonds is 6. The maximum absolute atomic E-state index is 12.6. The fraction of sp³-hybridized carbons (Fsp3) is 0.0952. The monoisotopic (exact) mass is 470 g/mol. The minimum absolute atomic E-state index is 0.315. The molecule has 0 aliphatic rings. The lowest BCUT2D eigenvalue weighted by molar-refractivity contribution is 0.102. The van der Waals surface area contributed by atoms with Gasteiger partial charge in [-0.1, -0.05) is 42.5 Å². The predicted octanol–water partition coefficient (Wildman–Crippen LogP) is 4.58. The van der Waals surface area contributed by atoms with Crippen molar-refractivity contribution in [2.75, 3.05) is 22.9 Å². The van der Waals surface area contributed by atoms with Gasteiger partial charge in [-0.05, 0) is 12.1 Å². The highest BCUT2D eigenvalue weighted by atomic mass is 32.2. The van der Waals surface area contributed by atoms with E-state index in [1.807, 2.05) is 35.7 Å². The molecule has 0 fully saturated rings. The van der Waals surface area contributed by atoms with Gasteiger partial charge in [-0.3, -0.25) is 14.4 Å². The zero-order chi connectivity index (χ0) is 22.0. The van der Waals surface area contributed by atoms with E-state index in [1.54, 1.807) is 29.6 Å². The van der Waals surface area contributed by atoms with Gasteiger partial charge in [0.05, 0.1) is 17.6 Å². The predicted molar refractivity (Wildman–Crippen MR) is 126 cm³/mol. The number of amides is 1. The van der Waals surface area contributed by atoms with Crippen LogP contribution >= 0.6 is 22.7 Å². The van der Waals surface area contributed by atoms with Crippen LogP contribution in [0.2, 0.25) is 0 Å². The van der Waals surface area contributed by atoms with Crippen molar-refractivity contribution in [3.8, 4) is 21.8 Å². The summed E-state index contributed by atoms with van der Waals surface area (Å²) >= 11 is 2.72. The third-order valence-corrected chi connectivity index (χ3v) is 7.36. The number of hydrogen-bond acceptors (Lipinski definition) is 7. The zero-order valence-electron chi connectivity index (χ0n) is 16.6. The smallest absolute Gasteiger partial charge is 0.276 e. The van der Waals surface area contributed by atoms with Crippen LogP contribution in [0.15, 0.2) is 65.4 Å². The number of sulfonamides is 1. The number of aromatic nitrogens is 2. The Morgan fingerprint density at radius 1 is 0.935 bits per heavy atom. The molecule has 7 nitrogen and oxygen atoms in total. The second-order valence-corrected chi connectivity index (χ2v) is 10.4. The largest absolute Gasteiger partial charge is 0.296 e. The van der Waals surface area contributed by atoms with Crippen LogP contribution in [-0.4, -0.2) is 37.6 Å². The van der Waals surface area contributed by atoms with E-state index in [4.69, 9.17) is 0 Å². The number of carbonyl (C=O) groups is 1. The summed E-state index contributed by atoms with van der Waals surface area (Å²) in [6, 6.07) is 16.7. The molecule has 0 saturated heterocycles. The molecule has 4 rings (SSSR count). The summed E-state index contributed by atoms with van der Waals surface area (Å²) in [6.07, 6.45) is 1.15. The lowest BCUT2D eigenvalue weighted by Crippen LogP contribution is -2.24. The maximum Gasteiger partial charge on any atom is 0.276 e. The SMILES string of the molecule is CN(c1ccc(-c2csc(NC(=O)c3csc(-c4ccccc4)n3)n2)cc1)S(C)(=O)=O.